The highest BCUT2D eigenvalue weighted by Crippen LogP contribution is 2.36. The van der Waals surface area contributed by atoms with Gasteiger partial charge in [0.1, 0.15) is 24.1 Å². The van der Waals surface area contributed by atoms with Gasteiger partial charge in [0.2, 0.25) is 0 Å². The van der Waals surface area contributed by atoms with E-state index in [-0.39, 0.29) is 24.1 Å². The van der Waals surface area contributed by atoms with Crippen LogP contribution in [0.3, 0.4) is 0 Å². The van der Waals surface area contributed by atoms with E-state index in [4.69, 9.17) is 0 Å². The summed E-state index contributed by atoms with van der Waals surface area (Å²) in [6.45, 7) is -1.51. The number of carbonyl (C=O) groups excluding carboxylic acids is 1. The fourth-order valence-electron chi connectivity index (χ4n) is 4.03. The number of fused-ring (bicyclic) bond motifs is 1. The van der Waals surface area contributed by atoms with Gasteiger partial charge in [0.25, 0.3) is 5.91 Å². The number of anilines is 1. The van der Waals surface area contributed by atoms with Gasteiger partial charge in [-0.2, -0.15) is 13.2 Å². The van der Waals surface area contributed by atoms with E-state index in [1.807, 2.05) is 24.3 Å². The monoisotopic (exact) mass is 487 g/mol. The van der Waals surface area contributed by atoms with E-state index in [1.54, 1.807) is 18.6 Å². The second-order valence-electron chi connectivity index (χ2n) is 7.82. The van der Waals surface area contributed by atoms with Gasteiger partial charge in [0.15, 0.2) is 0 Å². The molecule has 1 amide bonds. The quantitative estimate of drug-likeness (QED) is 0.367. The number of carbonyl (C=O) groups is 1. The third-order valence-electron chi connectivity index (χ3n) is 5.59. The minimum Gasteiger partial charge on any atom is -0.301 e. The number of pyridine rings is 1. The number of alkyl halides is 3. The summed E-state index contributed by atoms with van der Waals surface area (Å²) in [6, 6.07) is 10.3. The number of hydrogen-bond donors (Lipinski definition) is 0. The number of rotatable bonds is 4. The van der Waals surface area contributed by atoms with Gasteiger partial charge in [-0.3, -0.25) is 9.78 Å². The Balaban J connectivity index is 1.46. The van der Waals surface area contributed by atoms with Crippen LogP contribution < -0.4 is 4.90 Å². The Morgan fingerprint density at radius 1 is 1.06 bits per heavy atom. The van der Waals surface area contributed by atoms with Gasteiger partial charge in [-0.25, -0.2) is 9.07 Å². The molecule has 1 atom stereocenters. The van der Waals surface area contributed by atoms with E-state index in [1.165, 1.54) is 34.2 Å². The lowest BCUT2D eigenvalue weighted by atomic mass is 10.1. The second-order valence-corrected chi connectivity index (χ2v) is 8.90. The maximum absolute atomic E-state index is 14.4. The molecule has 0 spiro atoms. The van der Waals surface area contributed by atoms with Crippen molar-refractivity contribution in [3.63, 3.8) is 0 Å². The first-order chi connectivity index (χ1) is 16.3. The van der Waals surface area contributed by atoms with Crippen molar-refractivity contribution in [1.82, 2.24) is 20.0 Å². The first-order valence-electron chi connectivity index (χ1n) is 10.4. The molecule has 1 unspecified atom stereocenters. The van der Waals surface area contributed by atoms with Crippen LogP contribution in [0.4, 0.5) is 23.2 Å². The average molecular weight is 487 g/mol. The molecule has 34 heavy (non-hydrogen) atoms. The van der Waals surface area contributed by atoms with Crippen molar-refractivity contribution in [3.05, 3.63) is 72.4 Å². The number of nitrogens with zero attached hydrogens (tertiary/aromatic N) is 5. The molecule has 0 bridgehead atoms. The molecule has 6 nitrogen and oxygen atoms in total. The lowest BCUT2D eigenvalue weighted by Crippen LogP contribution is -2.42. The molecule has 0 saturated carbocycles. The Hall–Kier alpha value is -3.60. The molecular weight excluding hydrogens is 470 g/mol. The summed E-state index contributed by atoms with van der Waals surface area (Å²) in [7, 11) is 0. The van der Waals surface area contributed by atoms with Gasteiger partial charge < -0.3 is 4.90 Å². The molecule has 174 valence electrons. The molecule has 1 aromatic carbocycles. The molecule has 1 aliphatic rings. The minimum atomic E-state index is -4.65. The largest absolute Gasteiger partial charge is 0.406 e. The van der Waals surface area contributed by atoms with Crippen molar-refractivity contribution in [2.45, 2.75) is 25.1 Å². The normalized spacial score (nSPS) is 16.4. The number of thiophene rings is 1. The molecule has 3 aromatic heterocycles. The lowest BCUT2D eigenvalue weighted by Gasteiger charge is -2.26. The molecule has 4 aromatic rings. The van der Waals surface area contributed by atoms with E-state index >= 15 is 0 Å². The van der Waals surface area contributed by atoms with Crippen molar-refractivity contribution in [1.29, 1.82) is 0 Å². The van der Waals surface area contributed by atoms with E-state index < -0.39 is 30.5 Å². The smallest absolute Gasteiger partial charge is 0.301 e. The predicted octanol–water partition coefficient (Wildman–Crippen LogP) is 5.29. The Kier molecular flexibility index (Phi) is 5.64. The van der Waals surface area contributed by atoms with Crippen LogP contribution in [-0.4, -0.2) is 38.6 Å². The van der Waals surface area contributed by atoms with Crippen LogP contribution in [0.25, 0.3) is 21.0 Å². The zero-order valence-electron chi connectivity index (χ0n) is 17.5. The summed E-state index contributed by atoms with van der Waals surface area (Å²) in [5.74, 6) is -1.44. The van der Waals surface area contributed by atoms with E-state index in [0.717, 1.165) is 15.3 Å². The summed E-state index contributed by atoms with van der Waals surface area (Å²) in [5.41, 5.74) is 1.50. The molecule has 0 fully saturated rings. The Morgan fingerprint density at radius 2 is 1.82 bits per heavy atom. The zero-order chi connectivity index (χ0) is 23.9. The summed E-state index contributed by atoms with van der Waals surface area (Å²) in [4.78, 5) is 19.6. The van der Waals surface area contributed by atoms with Crippen LogP contribution in [0.2, 0.25) is 0 Å². The summed E-state index contributed by atoms with van der Waals surface area (Å²) in [5, 5.41) is 8.19. The van der Waals surface area contributed by atoms with Crippen molar-refractivity contribution in [3.8, 4) is 21.0 Å². The van der Waals surface area contributed by atoms with Crippen LogP contribution >= 0.6 is 11.3 Å². The third-order valence-corrected chi connectivity index (χ3v) is 6.75. The van der Waals surface area contributed by atoms with Crippen LogP contribution in [-0.2, 0) is 11.2 Å². The van der Waals surface area contributed by atoms with Gasteiger partial charge in [-0.1, -0.05) is 11.3 Å². The second kappa shape index (κ2) is 8.64. The Labute approximate surface area is 195 Å². The highest BCUT2D eigenvalue weighted by molar-refractivity contribution is 7.18. The highest BCUT2D eigenvalue weighted by Gasteiger charge is 2.40. The number of benzene rings is 1. The van der Waals surface area contributed by atoms with Crippen molar-refractivity contribution < 1.29 is 22.4 Å². The van der Waals surface area contributed by atoms with Gasteiger partial charge in [-0.05, 0) is 54.8 Å². The molecule has 0 radical (unpaired) electrons. The molecule has 0 saturated heterocycles. The summed E-state index contributed by atoms with van der Waals surface area (Å²) >= 11 is 1.47. The predicted molar refractivity (Wildman–Crippen MR) is 119 cm³/mol. The molecular formula is C23H17F4N5OS. The van der Waals surface area contributed by atoms with Crippen molar-refractivity contribution >= 4 is 22.9 Å². The SMILES string of the molecule is O=C1C(n2cc(-c3ccc(-c4ccncc4)s3)nn2)CCc2c(F)cccc2N1CC(F)(F)F. The van der Waals surface area contributed by atoms with Gasteiger partial charge in [0.05, 0.1) is 16.8 Å². The van der Waals surface area contributed by atoms with Crippen LogP contribution in [0.5, 0.6) is 0 Å². The molecule has 0 N–H and O–H groups in total. The summed E-state index contributed by atoms with van der Waals surface area (Å²) in [6.07, 6.45) is 0.459. The average Bonchev–Trinajstić information content (AvgIpc) is 3.46. The number of hydrogen-bond acceptors (Lipinski definition) is 5. The third kappa shape index (κ3) is 4.30. The fraction of sp³-hybridized carbons (Fsp3) is 0.217. The number of aromatic nitrogens is 4. The molecule has 0 aliphatic carbocycles. The maximum atomic E-state index is 14.4. The van der Waals surface area contributed by atoms with E-state index in [9.17, 15) is 22.4 Å². The van der Waals surface area contributed by atoms with Gasteiger partial charge in [0, 0.05) is 22.8 Å². The first-order valence-corrected chi connectivity index (χ1v) is 11.2. The van der Waals surface area contributed by atoms with Gasteiger partial charge >= 0.3 is 6.18 Å². The summed E-state index contributed by atoms with van der Waals surface area (Å²) < 4.78 is 55.6. The minimum absolute atomic E-state index is 0.0644. The lowest BCUT2D eigenvalue weighted by molar-refractivity contribution is -0.134. The molecule has 11 heteroatoms. The van der Waals surface area contributed by atoms with Crippen LogP contribution in [0.15, 0.2) is 61.1 Å². The van der Waals surface area contributed by atoms with Crippen molar-refractivity contribution in [2.24, 2.45) is 0 Å². The Morgan fingerprint density at radius 3 is 2.59 bits per heavy atom. The van der Waals surface area contributed by atoms with Crippen LogP contribution in [0, 0.1) is 5.82 Å². The highest BCUT2D eigenvalue weighted by atomic mass is 32.1. The Bertz CT molecular complexity index is 1330. The molecule has 5 rings (SSSR count). The van der Waals surface area contributed by atoms with Crippen molar-refractivity contribution in [2.75, 3.05) is 11.4 Å². The zero-order valence-corrected chi connectivity index (χ0v) is 18.4. The van der Waals surface area contributed by atoms with Crippen LogP contribution in [0.1, 0.15) is 18.0 Å². The maximum Gasteiger partial charge on any atom is 0.406 e. The first kappa shape index (κ1) is 22.2. The van der Waals surface area contributed by atoms with E-state index in [2.05, 4.69) is 15.3 Å². The topological polar surface area (TPSA) is 63.9 Å². The standard InChI is InChI=1S/C23H17F4N5OS/c24-16-2-1-3-18-15(16)4-5-19(22(33)31(18)13-23(25,26)27)32-12-17(29-30-32)21-7-6-20(34-21)14-8-10-28-11-9-14/h1-3,6-12,19H,4-5,13H2. The fourth-order valence-corrected chi connectivity index (χ4v) is 4.99. The number of halogens is 4. The molecule has 1 aliphatic heterocycles. The number of amides is 1. The van der Waals surface area contributed by atoms with Gasteiger partial charge in [-0.15, -0.1) is 16.4 Å². The van der Waals surface area contributed by atoms with E-state index in [0.29, 0.717) is 10.6 Å². The molecule has 4 heterocycles.